The third-order valence-corrected chi connectivity index (χ3v) is 2.44. The van der Waals surface area contributed by atoms with Crippen LogP contribution in [0.2, 0.25) is 0 Å². The van der Waals surface area contributed by atoms with Crippen LogP contribution in [0.4, 0.5) is 0 Å². The van der Waals surface area contributed by atoms with Crippen molar-refractivity contribution in [2.24, 2.45) is 0 Å². The molecule has 0 aliphatic carbocycles. The Morgan fingerprint density at radius 1 is 1.56 bits per heavy atom. The molecule has 0 fully saturated rings. The molecule has 0 bridgehead atoms. The van der Waals surface area contributed by atoms with E-state index in [1.165, 1.54) is 0 Å². The number of amides is 1. The third kappa shape index (κ3) is 4.85. The molecule has 1 rings (SSSR count). The van der Waals surface area contributed by atoms with E-state index in [2.05, 4.69) is 15.5 Å². The highest BCUT2D eigenvalue weighted by Crippen LogP contribution is 2.11. The Morgan fingerprint density at radius 3 is 2.94 bits per heavy atom. The molecule has 102 valence electrons. The maximum atomic E-state index is 11.7. The zero-order valence-electron chi connectivity index (χ0n) is 10.9. The van der Waals surface area contributed by atoms with Crippen LogP contribution in [0.15, 0.2) is 6.07 Å². The average molecular weight is 255 g/mol. The molecule has 0 saturated carbocycles. The predicted octanol–water partition coefficient (Wildman–Crippen LogP) is 0.662. The molecule has 1 amide bonds. The van der Waals surface area contributed by atoms with Gasteiger partial charge in [-0.15, -0.1) is 0 Å². The minimum atomic E-state index is -0.180. The van der Waals surface area contributed by atoms with Gasteiger partial charge in [0.2, 0.25) is 0 Å². The number of aromatic nitrogens is 2. The molecule has 0 aliphatic rings. The number of nitrogens with zero attached hydrogens (tertiary/aromatic N) is 1. The number of rotatable bonds is 8. The fourth-order valence-corrected chi connectivity index (χ4v) is 1.38. The number of nitrogens with one attached hydrogen (secondary N) is 2. The number of H-pyrrole nitrogens is 1. The summed E-state index contributed by atoms with van der Waals surface area (Å²) in [6.45, 7) is 5.50. The summed E-state index contributed by atoms with van der Waals surface area (Å²) in [7, 11) is 0. The molecule has 0 atom stereocenters. The minimum Gasteiger partial charge on any atom is -0.394 e. The van der Waals surface area contributed by atoms with Gasteiger partial charge in [0.05, 0.1) is 13.2 Å². The van der Waals surface area contributed by atoms with E-state index in [0.717, 1.165) is 5.69 Å². The van der Waals surface area contributed by atoms with Gasteiger partial charge in [0, 0.05) is 18.8 Å². The summed E-state index contributed by atoms with van der Waals surface area (Å²) in [4.78, 5) is 11.7. The van der Waals surface area contributed by atoms with Gasteiger partial charge in [-0.05, 0) is 18.4 Å². The number of hydrogen-bond donors (Lipinski definition) is 3. The van der Waals surface area contributed by atoms with Crippen LogP contribution in [0.1, 0.15) is 42.4 Å². The SMILES string of the molecule is CC(C)c1cc(C(=O)NCCCOCCO)n[nH]1. The highest BCUT2D eigenvalue weighted by atomic mass is 16.5. The van der Waals surface area contributed by atoms with Crippen molar-refractivity contribution in [3.8, 4) is 0 Å². The second-order valence-electron chi connectivity index (χ2n) is 4.31. The van der Waals surface area contributed by atoms with Crippen LogP contribution in [-0.2, 0) is 4.74 Å². The van der Waals surface area contributed by atoms with Gasteiger partial charge in [-0.25, -0.2) is 0 Å². The van der Waals surface area contributed by atoms with Crippen molar-refractivity contribution >= 4 is 5.91 Å². The summed E-state index contributed by atoms with van der Waals surface area (Å²) in [6.07, 6.45) is 0.715. The Balaban J connectivity index is 2.23. The number of aromatic amines is 1. The van der Waals surface area contributed by atoms with Gasteiger partial charge < -0.3 is 15.2 Å². The van der Waals surface area contributed by atoms with E-state index < -0.39 is 0 Å². The van der Waals surface area contributed by atoms with Crippen LogP contribution >= 0.6 is 0 Å². The monoisotopic (exact) mass is 255 g/mol. The molecule has 0 aromatic carbocycles. The van der Waals surface area contributed by atoms with E-state index >= 15 is 0 Å². The van der Waals surface area contributed by atoms with Gasteiger partial charge in [-0.2, -0.15) is 5.10 Å². The first-order chi connectivity index (χ1) is 8.65. The lowest BCUT2D eigenvalue weighted by atomic mass is 10.1. The number of aliphatic hydroxyl groups excluding tert-OH is 1. The van der Waals surface area contributed by atoms with E-state index in [1.807, 2.05) is 13.8 Å². The predicted molar refractivity (Wildman–Crippen MR) is 67.5 cm³/mol. The van der Waals surface area contributed by atoms with Crippen molar-refractivity contribution in [2.75, 3.05) is 26.4 Å². The smallest absolute Gasteiger partial charge is 0.271 e. The van der Waals surface area contributed by atoms with Crippen molar-refractivity contribution in [3.05, 3.63) is 17.5 Å². The zero-order valence-corrected chi connectivity index (χ0v) is 10.9. The summed E-state index contributed by atoms with van der Waals surface area (Å²) in [6, 6.07) is 1.77. The maximum absolute atomic E-state index is 11.7. The van der Waals surface area contributed by atoms with Crippen molar-refractivity contribution < 1.29 is 14.6 Å². The number of hydrogen-bond acceptors (Lipinski definition) is 4. The molecule has 1 aromatic rings. The standard InChI is InChI=1S/C12H21N3O3/c1-9(2)10-8-11(15-14-10)12(17)13-4-3-6-18-7-5-16/h8-9,16H,3-7H2,1-2H3,(H,13,17)(H,14,15). The molecule has 6 heteroatoms. The number of carbonyl (C=O) groups excluding carboxylic acids is 1. The lowest BCUT2D eigenvalue weighted by molar-refractivity contribution is 0.0865. The van der Waals surface area contributed by atoms with E-state index in [0.29, 0.717) is 37.8 Å². The highest BCUT2D eigenvalue weighted by Gasteiger charge is 2.11. The molecule has 1 aromatic heterocycles. The Bertz CT molecular complexity index is 363. The van der Waals surface area contributed by atoms with Gasteiger partial charge >= 0.3 is 0 Å². The Labute approximate surface area is 107 Å². The van der Waals surface area contributed by atoms with Crippen LogP contribution in [-0.4, -0.2) is 47.6 Å². The molecule has 0 radical (unpaired) electrons. The maximum Gasteiger partial charge on any atom is 0.271 e. The molecule has 0 saturated heterocycles. The highest BCUT2D eigenvalue weighted by molar-refractivity contribution is 5.92. The molecule has 18 heavy (non-hydrogen) atoms. The second kappa shape index (κ2) is 7.84. The molecular weight excluding hydrogens is 234 g/mol. The second-order valence-corrected chi connectivity index (χ2v) is 4.31. The summed E-state index contributed by atoms with van der Waals surface area (Å²) >= 11 is 0. The Kier molecular flexibility index (Phi) is 6.38. The van der Waals surface area contributed by atoms with Crippen LogP contribution in [0.5, 0.6) is 0 Å². The van der Waals surface area contributed by atoms with Gasteiger partial charge in [0.15, 0.2) is 0 Å². The molecule has 3 N–H and O–H groups in total. The first-order valence-corrected chi connectivity index (χ1v) is 6.17. The van der Waals surface area contributed by atoms with Gasteiger partial charge in [0.1, 0.15) is 5.69 Å². The molecule has 1 heterocycles. The first-order valence-electron chi connectivity index (χ1n) is 6.17. The van der Waals surface area contributed by atoms with E-state index in [4.69, 9.17) is 9.84 Å². The lowest BCUT2D eigenvalue weighted by Gasteiger charge is -2.03. The number of aliphatic hydroxyl groups is 1. The molecular formula is C12H21N3O3. The summed E-state index contributed by atoms with van der Waals surface area (Å²) in [5, 5.41) is 18.1. The largest absolute Gasteiger partial charge is 0.394 e. The van der Waals surface area contributed by atoms with Crippen LogP contribution in [0.25, 0.3) is 0 Å². The lowest BCUT2D eigenvalue weighted by Crippen LogP contribution is -2.25. The van der Waals surface area contributed by atoms with Crippen molar-refractivity contribution in [3.63, 3.8) is 0 Å². The normalized spacial score (nSPS) is 10.9. The van der Waals surface area contributed by atoms with Crippen LogP contribution in [0.3, 0.4) is 0 Å². The minimum absolute atomic E-state index is 0.0254. The fraction of sp³-hybridized carbons (Fsp3) is 0.667. The van der Waals surface area contributed by atoms with E-state index in [9.17, 15) is 4.79 Å². The molecule has 0 unspecified atom stereocenters. The quantitative estimate of drug-likeness (QED) is 0.596. The zero-order chi connectivity index (χ0) is 13.4. The first kappa shape index (κ1) is 14.7. The van der Waals surface area contributed by atoms with E-state index in [1.54, 1.807) is 6.07 Å². The van der Waals surface area contributed by atoms with Crippen molar-refractivity contribution in [1.82, 2.24) is 15.5 Å². The van der Waals surface area contributed by atoms with Gasteiger partial charge in [-0.1, -0.05) is 13.8 Å². The summed E-state index contributed by atoms with van der Waals surface area (Å²) < 4.78 is 5.08. The Hall–Kier alpha value is -1.40. The Morgan fingerprint density at radius 2 is 2.33 bits per heavy atom. The van der Waals surface area contributed by atoms with E-state index in [-0.39, 0.29) is 12.5 Å². The van der Waals surface area contributed by atoms with Crippen molar-refractivity contribution in [1.29, 1.82) is 0 Å². The molecule has 0 spiro atoms. The number of carbonyl (C=O) groups is 1. The molecule has 6 nitrogen and oxygen atoms in total. The van der Waals surface area contributed by atoms with Crippen LogP contribution < -0.4 is 5.32 Å². The molecule has 0 aliphatic heterocycles. The number of ether oxygens (including phenoxy) is 1. The summed E-state index contributed by atoms with van der Waals surface area (Å²) in [5.41, 5.74) is 1.36. The van der Waals surface area contributed by atoms with Crippen LogP contribution in [0, 0.1) is 0 Å². The summed E-state index contributed by atoms with van der Waals surface area (Å²) in [5.74, 6) is 0.145. The average Bonchev–Trinajstić information content (AvgIpc) is 2.83. The van der Waals surface area contributed by atoms with Gasteiger partial charge in [0.25, 0.3) is 5.91 Å². The van der Waals surface area contributed by atoms with Crippen molar-refractivity contribution in [2.45, 2.75) is 26.2 Å². The third-order valence-electron chi connectivity index (χ3n) is 2.44. The fourth-order valence-electron chi connectivity index (χ4n) is 1.38. The topological polar surface area (TPSA) is 87.2 Å². The van der Waals surface area contributed by atoms with Gasteiger partial charge in [-0.3, -0.25) is 9.89 Å².